The van der Waals surface area contributed by atoms with E-state index in [1.807, 2.05) is 0 Å². The summed E-state index contributed by atoms with van der Waals surface area (Å²) in [4.78, 5) is 13.1. The molecule has 1 amide bonds. The Bertz CT molecular complexity index is 1300. The van der Waals surface area contributed by atoms with Crippen LogP contribution in [0.2, 0.25) is 0 Å². The Hall–Kier alpha value is -1.01. The lowest BCUT2D eigenvalue weighted by atomic mass is 9.97. The van der Waals surface area contributed by atoms with Crippen LogP contribution in [0.1, 0.15) is 303 Å². The summed E-state index contributed by atoms with van der Waals surface area (Å²) in [5, 5.41) is 86.2. The van der Waals surface area contributed by atoms with Gasteiger partial charge in [-0.2, -0.15) is 0 Å². The standard InChI is InChI=1S/C63H123NO13/c1-3-5-7-8-9-10-11-12-13-14-15-16-17-18-19-20-21-22-23-24-25-26-27-28-29-30-31-32-33-34-35-36-37-38-39-40-41-42-43-45-47-55(68)64-51(52(67)46-44-6-4-2)50-74-62-60(73)58(71)61(54(49-66)76-62)77-63-59(72)57(70)56(69)53(48-65)75-63/h51-54,56-63,65-67,69-73H,3-50H2,1-2H3,(H,64,68). The quantitative estimate of drug-likeness (QED) is 0.0259. The van der Waals surface area contributed by atoms with Gasteiger partial charge in [0, 0.05) is 6.42 Å². The van der Waals surface area contributed by atoms with E-state index in [-0.39, 0.29) is 12.5 Å². The van der Waals surface area contributed by atoms with Gasteiger partial charge in [-0.05, 0) is 12.8 Å². The lowest BCUT2D eigenvalue weighted by Crippen LogP contribution is -2.65. The van der Waals surface area contributed by atoms with Crippen molar-refractivity contribution in [3.05, 3.63) is 0 Å². The number of hydrogen-bond donors (Lipinski definition) is 9. The first-order valence-electron chi connectivity index (χ1n) is 32.8. The molecule has 0 aromatic heterocycles. The molecule has 0 spiro atoms. The summed E-state index contributed by atoms with van der Waals surface area (Å²) in [6.45, 7) is 2.71. The number of aliphatic hydroxyl groups excluding tert-OH is 8. The first-order valence-corrected chi connectivity index (χ1v) is 32.8. The lowest BCUT2D eigenvalue weighted by Gasteiger charge is -2.46. The third-order valence-electron chi connectivity index (χ3n) is 16.6. The van der Waals surface area contributed by atoms with Crippen LogP contribution in [0.15, 0.2) is 0 Å². The number of rotatable bonds is 54. The van der Waals surface area contributed by atoms with Crippen molar-refractivity contribution in [1.82, 2.24) is 5.32 Å². The molecule has 77 heavy (non-hydrogen) atoms. The Balaban J connectivity index is 1.40. The fourth-order valence-corrected chi connectivity index (χ4v) is 11.3. The Kier molecular flexibility index (Phi) is 46.4. The van der Waals surface area contributed by atoms with E-state index in [4.69, 9.17) is 18.9 Å². The summed E-state index contributed by atoms with van der Waals surface area (Å²) in [6.07, 6.45) is 41.6. The zero-order valence-corrected chi connectivity index (χ0v) is 49.5. The number of amides is 1. The number of carbonyl (C=O) groups excluding carboxylic acids is 1. The van der Waals surface area contributed by atoms with E-state index in [2.05, 4.69) is 19.2 Å². The number of hydrogen-bond acceptors (Lipinski definition) is 13. The minimum absolute atomic E-state index is 0.212. The summed E-state index contributed by atoms with van der Waals surface area (Å²) in [5.41, 5.74) is 0. The Morgan fingerprint density at radius 2 is 0.740 bits per heavy atom. The van der Waals surface area contributed by atoms with Gasteiger partial charge >= 0.3 is 0 Å². The third-order valence-corrected chi connectivity index (χ3v) is 16.6. The Morgan fingerprint density at radius 3 is 1.10 bits per heavy atom. The fourth-order valence-electron chi connectivity index (χ4n) is 11.3. The van der Waals surface area contributed by atoms with E-state index >= 15 is 0 Å². The molecule has 2 aliphatic heterocycles. The second-order valence-corrected chi connectivity index (χ2v) is 23.6. The molecular formula is C63H123NO13. The summed E-state index contributed by atoms with van der Waals surface area (Å²) in [6, 6.07) is -0.819. The predicted octanol–water partition coefficient (Wildman–Crippen LogP) is 12.1. The summed E-state index contributed by atoms with van der Waals surface area (Å²) >= 11 is 0. The Morgan fingerprint density at radius 1 is 0.416 bits per heavy atom. The molecule has 9 N–H and O–H groups in total. The topological polar surface area (TPSA) is 228 Å². The monoisotopic (exact) mass is 1100 g/mol. The molecule has 14 heteroatoms. The molecule has 2 saturated heterocycles. The first-order chi connectivity index (χ1) is 37.6. The lowest BCUT2D eigenvalue weighted by molar-refractivity contribution is -0.359. The van der Waals surface area contributed by atoms with E-state index in [0.717, 1.165) is 44.9 Å². The van der Waals surface area contributed by atoms with Crippen LogP contribution in [0.4, 0.5) is 0 Å². The van der Waals surface area contributed by atoms with E-state index < -0.39 is 86.8 Å². The van der Waals surface area contributed by atoms with Crippen molar-refractivity contribution in [2.75, 3.05) is 19.8 Å². The molecular weight excluding hydrogens is 979 g/mol. The average Bonchev–Trinajstić information content (AvgIpc) is 3.44. The highest BCUT2D eigenvalue weighted by Crippen LogP contribution is 2.30. The third kappa shape index (κ3) is 34.9. The van der Waals surface area contributed by atoms with Gasteiger partial charge in [-0.25, -0.2) is 0 Å². The van der Waals surface area contributed by atoms with Gasteiger partial charge < -0.3 is 65.1 Å². The Labute approximate surface area is 470 Å². The largest absolute Gasteiger partial charge is 0.394 e. The molecule has 2 rings (SSSR count). The van der Waals surface area contributed by atoms with Crippen LogP contribution in [-0.2, 0) is 23.7 Å². The van der Waals surface area contributed by atoms with Crippen molar-refractivity contribution < 1.29 is 64.6 Å². The van der Waals surface area contributed by atoms with Crippen LogP contribution in [0.3, 0.4) is 0 Å². The maximum atomic E-state index is 13.1. The molecule has 458 valence electrons. The number of nitrogens with one attached hydrogen (secondary N) is 1. The molecule has 0 radical (unpaired) electrons. The molecule has 2 aliphatic rings. The van der Waals surface area contributed by atoms with Crippen LogP contribution in [0.5, 0.6) is 0 Å². The molecule has 14 nitrogen and oxygen atoms in total. The van der Waals surface area contributed by atoms with Crippen LogP contribution in [0, 0.1) is 0 Å². The van der Waals surface area contributed by atoms with Crippen LogP contribution < -0.4 is 5.32 Å². The van der Waals surface area contributed by atoms with Crippen molar-refractivity contribution >= 4 is 5.91 Å². The molecule has 2 heterocycles. The van der Waals surface area contributed by atoms with Crippen molar-refractivity contribution in [2.24, 2.45) is 0 Å². The predicted molar refractivity (Wildman–Crippen MR) is 309 cm³/mol. The summed E-state index contributed by atoms with van der Waals surface area (Å²) in [5.74, 6) is -0.212. The van der Waals surface area contributed by atoms with Crippen LogP contribution in [-0.4, -0.2) is 140 Å². The van der Waals surface area contributed by atoms with Crippen LogP contribution in [0.25, 0.3) is 0 Å². The number of unbranched alkanes of at least 4 members (excludes halogenated alkanes) is 41. The van der Waals surface area contributed by atoms with Gasteiger partial charge in [0.25, 0.3) is 0 Å². The second kappa shape index (κ2) is 49.6. The minimum Gasteiger partial charge on any atom is -0.394 e. The zero-order valence-electron chi connectivity index (χ0n) is 49.5. The maximum absolute atomic E-state index is 13.1. The van der Waals surface area contributed by atoms with Gasteiger partial charge in [-0.15, -0.1) is 0 Å². The highest BCUT2D eigenvalue weighted by molar-refractivity contribution is 5.76. The molecule has 12 atom stereocenters. The van der Waals surface area contributed by atoms with Gasteiger partial charge in [0.1, 0.15) is 48.8 Å². The van der Waals surface area contributed by atoms with Gasteiger partial charge in [-0.1, -0.05) is 284 Å². The van der Waals surface area contributed by atoms with Crippen LogP contribution >= 0.6 is 0 Å². The fraction of sp³-hybridized carbons (Fsp3) is 0.984. The number of aliphatic hydroxyl groups is 8. The molecule has 0 aromatic carbocycles. The summed E-state index contributed by atoms with van der Waals surface area (Å²) in [7, 11) is 0. The van der Waals surface area contributed by atoms with Gasteiger partial charge in [0.2, 0.25) is 5.91 Å². The first kappa shape index (κ1) is 72.1. The van der Waals surface area contributed by atoms with E-state index in [9.17, 15) is 45.6 Å². The molecule has 2 fully saturated rings. The average molecular weight is 1100 g/mol. The summed E-state index contributed by atoms with van der Waals surface area (Å²) < 4.78 is 22.6. The zero-order chi connectivity index (χ0) is 56.0. The molecule has 0 aromatic rings. The van der Waals surface area contributed by atoms with Gasteiger partial charge in [-0.3, -0.25) is 4.79 Å². The van der Waals surface area contributed by atoms with Crippen molar-refractivity contribution in [3.63, 3.8) is 0 Å². The van der Waals surface area contributed by atoms with Crippen molar-refractivity contribution in [3.8, 4) is 0 Å². The second-order valence-electron chi connectivity index (χ2n) is 23.6. The molecule has 0 saturated carbocycles. The smallest absolute Gasteiger partial charge is 0.220 e. The van der Waals surface area contributed by atoms with E-state index in [0.29, 0.717) is 12.8 Å². The van der Waals surface area contributed by atoms with Gasteiger partial charge in [0.15, 0.2) is 12.6 Å². The van der Waals surface area contributed by atoms with Crippen molar-refractivity contribution in [1.29, 1.82) is 0 Å². The molecule has 0 aliphatic carbocycles. The van der Waals surface area contributed by atoms with E-state index in [1.54, 1.807) is 0 Å². The molecule has 0 bridgehead atoms. The number of ether oxygens (including phenoxy) is 4. The minimum atomic E-state index is -1.78. The normalized spacial score (nSPS) is 24.6. The highest BCUT2D eigenvalue weighted by Gasteiger charge is 2.51. The maximum Gasteiger partial charge on any atom is 0.220 e. The highest BCUT2D eigenvalue weighted by atomic mass is 16.7. The number of carbonyl (C=O) groups is 1. The van der Waals surface area contributed by atoms with E-state index in [1.165, 1.54) is 231 Å². The SMILES string of the molecule is CCCCCCCCCCCCCCCCCCCCCCCCCCCCCCCCCCCCCCCCCCC(=O)NC(COC1OC(CO)C(OC2OC(CO)C(O)C(O)C2O)C(O)C1O)C(O)CCCCC. The van der Waals surface area contributed by atoms with Crippen molar-refractivity contribution in [2.45, 2.75) is 376 Å². The van der Waals surface area contributed by atoms with Gasteiger partial charge in [0.05, 0.1) is 32.0 Å². The molecule has 12 unspecified atom stereocenters.